The van der Waals surface area contributed by atoms with Crippen molar-refractivity contribution in [2.75, 3.05) is 13.1 Å². The van der Waals surface area contributed by atoms with E-state index >= 15 is 0 Å². The average molecular weight is 493 g/mol. The van der Waals surface area contributed by atoms with Gasteiger partial charge in [-0.3, -0.25) is 14.5 Å². The Balaban J connectivity index is 1.52. The Morgan fingerprint density at radius 2 is 1.19 bits per heavy atom. The summed E-state index contributed by atoms with van der Waals surface area (Å²) in [7, 11) is 0. The van der Waals surface area contributed by atoms with Gasteiger partial charge in [-0.25, -0.2) is 0 Å². The van der Waals surface area contributed by atoms with Gasteiger partial charge in [0, 0.05) is 23.1 Å². The molecule has 2 aromatic carbocycles. The van der Waals surface area contributed by atoms with Crippen molar-refractivity contribution in [3.63, 3.8) is 0 Å². The maximum absolute atomic E-state index is 13.3. The topological polar surface area (TPSA) is 63.4 Å². The van der Waals surface area contributed by atoms with E-state index < -0.39 is 0 Å². The van der Waals surface area contributed by atoms with Gasteiger partial charge in [0.25, 0.3) is 11.8 Å². The molecule has 36 heavy (non-hydrogen) atoms. The lowest BCUT2D eigenvalue weighted by Crippen LogP contribution is -2.40. The lowest BCUT2D eigenvalue weighted by Gasteiger charge is -2.28. The number of imide groups is 1. The molecule has 0 saturated carbocycles. The van der Waals surface area contributed by atoms with Crippen molar-refractivity contribution in [1.29, 1.82) is 0 Å². The molecule has 0 unspecified atom stereocenters. The van der Waals surface area contributed by atoms with E-state index in [9.17, 15) is 9.59 Å². The highest BCUT2D eigenvalue weighted by molar-refractivity contribution is 6.25. The second-order valence-electron chi connectivity index (χ2n) is 10.6. The molecule has 1 aliphatic heterocycles. The van der Waals surface area contributed by atoms with Crippen LogP contribution in [0.2, 0.25) is 0 Å². The molecule has 1 aliphatic rings. The van der Waals surface area contributed by atoms with E-state index in [1.807, 2.05) is 18.2 Å². The zero-order chi connectivity index (χ0) is 25.6. The standard InChI is InChI=1S/C32H48N2O2/c1-2-3-4-5-6-11-14-17-25-34-31(35)28-21-18-20-27-26(22-23-29(30(27)28)32(34)36)19-15-12-9-7-8-10-13-16-24-33/h18,20-23H,2-17,19,24-25,33H2,1H3. The van der Waals surface area contributed by atoms with Crippen LogP contribution in [0.3, 0.4) is 0 Å². The van der Waals surface area contributed by atoms with Crippen molar-refractivity contribution in [2.24, 2.45) is 5.73 Å². The molecule has 0 radical (unpaired) electrons. The molecule has 1 heterocycles. The van der Waals surface area contributed by atoms with E-state index in [-0.39, 0.29) is 11.8 Å². The Morgan fingerprint density at radius 1 is 0.639 bits per heavy atom. The summed E-state index contributed by atoms with van der Waals surface area (Å²) in [4.78, 5) is 28.1. The zero-order valence-corrected chi connectivity index (χ0v) is 22.7. The molecule has 3 rings (SSSR count). The molecule has 0 bridgehead atoms. The maximum Gasteiger partial charge on any atom is 0.261 e. The molecule has 0 fully saturated rings. The molecule has 2 aromatic rings. The number of nitrogens with zero attached hydrogens (tertiary/aromatic N) is 1. The molecule has 2 N–H and O–H groups in total. The van der Waals surface area contributed by atoms with Crippen LogP contribution in [0.1, 0.15) is 136 Å². The summed E-state index contributed by atoms with van der Waals surface area (Å²) in [5.41, 5.74) is 8.21. The van der Waals surface area contributed by atoms with Gasteiger partial charge in [0.2, 0.25) is 0 Å². The van der Waals surface area contributed by atoms with Gasteiger partial charge in [0.05, 0.1) is 0 Å². The number of carbonyl (C=O) groups excluding carboxylic acids is 2. The van der Waals surface area contributed by atoms with Gasteiger partial charge in [0.15, 0.2) is 0 Å². The first-order valence-electron chi connectivity index (χ1n) is 14.8. The van der Waals surface area contributed by atoms with Crippen molar-refractivity contribution < 1.29 is 9.59 Å². The van der Waals surface area contributed by atoms with Crippen LogP contribution in [0.25, 0.3) is 10.8 Å². The summed E-state index contributed by atoms with van der Waals surface area (Å²) in [6.07, 6.45) is 20.5. The lowest BCUT2D eigenvalue weighted by atomic mass is 9.89. The number of amides is 2. The number of carbonyl (C=O) groups is 2. The highest BCUT2D eigenvalue weighted by Crippen LogP contribution is 2.33. The Kier molecular flexibility index (Phi) is 12.5. The molecule has 0 spiro atoms. The van der Waals surface area contributed by atoms with Gasteiger partial charge in [0.1, 0.15) is 0 Å². The number of hydrogen-bond acceptors (Lipinski definition) is 3. The molecule has 4 nitrogen and oxygen atoms in total. The fourth-order valence-electron chi connectivity index (χ4n) is 5.55. The van der Waals surface area contributed by atoms with Gasteiger partial charge in [-0.05, 0) is 55.3 Å². The third kappa shape index (κ3) is 7.90. The van der Waals surface area contributed by atoms with Crippen LogP contribution in [-0.4, -0.2) is 29.8 Å². The molecule has 198 valence electrons. The Labute approximate surface area is 219 Å². The average Bonchev–Trinajstić information content (AvgIpc) is 2.89. The summed E-state index contributed by atoms with van der Waals surface area (Å²) < 4.78 is 0. The number of aryl methyl sites for hydroxylation is 1. The van der Waals surface area contributed by atoms with Crippen molar-refractivity contribution in [2.45, 2.75) is 116 Å². The lowest BCUT2D eigenvalue weighted by molar-refractivity contribution is 0.0607. The van der Waals surface area contributed by atoms with E-state index in [1.165, 1.54) is 87.5 Å². The summed E-state index contributed by atoms with van der Waals surface area (Å²) in [6.45, 7) is 3.57. The van der Waals surface area contributed by atoms with E-state index in [2.05, 4.69) is 19.1 Å². The van der Waals surface area contributed by atoms with Crippen LogP contribution in [0.5, 0.6) is 0 Å². The predicted molar refractivity (Wildman–Crippen MR) is 152 cm³/mol. The molecule has 0 atom stereocenters. The van der Waals surface area contributed by atoms with Crippen molar-refractivity contribution in [1.82, 2.24) is 4.90 Å². The number of unbranched alkanes of at least 4 members (excludes halogenated alkanes) is 14. The first-order chi connectivity index (χ1) is 17.7. The van der Waals surface area contributed by atoms with E-state index in [1.54, 1.807) is 0 Å². The molecule has 0 saturated heterocycles. The first-order valence-corrected chi connectivity index (χ1v) is 14.8. The second kappa shape index (κ2) is 15.8. The van der Waals surface area contributed by atoms with Crippen molar-refractivity contribution in [3.05, 3.63) is 47.0 Å². The largest absolute Gasteiger partial charge is 0.330 e. The van der Waals surface area contributed by atoms with Gasteiger partial charge in [-0.2, -0.15) is 0 Å². The predicted octanol–water partition coefficient (Wildman–Crippen LogP) is 8.20. The van der Waals surface area contributed by atoms with E-state index in [4.69, 9.17) is 5.73 Å². The van der Waals surface area contributed by atoms with Gasteiger partial charge in [-0.1, -0.05) is 109 Å². The van der Waals surface area contributed by atoms with Crippen molar-refractivity contribution >= 4 is 22.6 Å². The van der Waals surface area contributed by atoms with Crippen LogP contribution in [-0.2, 0) is 6.42 Å². The third-order valence-electron chi connectivity index (χ3n) is 7.72. The van der Waals surface area contributed by atoms with Crippen LogP contribution in [0, 0.1) is 0 Å². The molecule has 2 amide bonds. The van der Waals surface area contributed by atoms with Crippen LogP contribution in [0.4, 0.5) is 0 Å². The van der Waals surface area contributed by atoms with E-state index in [0.717, 1.165) is 49.4 Å². The Morgan fingerprint density at radius 3 is 1.83 bits per heavy atom. The van der Waals surface area contributed by atoms with Crippen LogP contribution >= 0.6 is 0 Å². The first kappa shape index (κ1) is 28.4. The number of hydrogen-bond donors (Lipinski definition) is 1. The zero-order valence-electron chi connectivity index (χ0n) is 22.7. The SMILES string of the molecule is CCCCCCCCCCN1C(=O)c2cccc3c(CCCCCCCCCCN)ccc(c23)C1=O. The summed E-state index contributed by atoms with van der Waals surface area (Å²) in [5, 5.41) is 1.96. The maximum atomic E-state index is 13.3. The highest BCUT2D eigenvalue weighted by Gasteiger charge is 2.32. The quantitative estimate of drug-likeness (QED) is 0.159. The smallest absolute Gasteiger partial charge is 0.261 e. The highest BCUT2D eigenvalue weighted by atomic mass is 16.2. The van der Waals surface area contributed by atoms with Gasteiger partial charge >= 0.3 is 0 Å². The van der Waals surface area contributed by atoms with E-state index in [0.29, 0.717) is 17.7 Å². The molecular formula is C32H48N2O2. The number of benzene rings is 2. The van der Waals surface area contributed by atoms with Crippen LogP contribution < -0.4 is 5.73 Å². The molecule has 0 aromatic heterocycles. The minimum Gasteiger partial charge on any atom is -0.330 e. The Bertz CT molecular complexity index is 946. The number of nitrogens with two attached hydrogens (primary N) is 1. The summed E-state index contributed by atoms with van der Waals surface area (Å²) >= 11 is 0. The minimum absolute atomic E-state index is 0.118. The molecular weight excluding hydrogens is 444 g/mol. The normalized spacial score (nSPS) is 13.2. The summed E-state index contributed by atoms with van der Waals surface area (Å²) in [5.74, 6) is -0.235. The van der Waals surface area contributed by atoms with Gasteiger partial charge < -0.3 is 5.73 Å². The van der Waals surface area contributed by atoms with Gasteiger partial charge in [-0.15, -0.1) is 0 Å². The summed E-state index contributed by atoms with van der Waals surface area (Å²) in [6, 6.07) is 10.1. The second-order valence-corrected chi connectivity index (χ2v) is 10.6. The van der Waals surface area contributed by atoms with Crippen molar-refractivity contribution in [3.8, 4) is 0 Å². The molecule has 0 aliphatic carbocycles. The fraction of sp³-hybridized carbons (Fsp3) is 0.625. The third-order valence-corrected chi connectivity index (χ3v) is 7.72. The minimum atomic E-state index is -0.118. The molecule has 4 heteroatoms. The Hall–Kier alpha value is -2.20. The van der Waals surface area contributed by atoms with Crippen LogP contribution in [0.15, 0.2) is 30.3 Å². The monoisotopic (exact) mass is 492 g/mol. The fourth-order valence-corrected chi connectivity index (χ4v) is 5.55. The number of rotatable bonds is 19.